The summed E-state index contributed by atoms with van der Waals surface area (Å²) in [6, 6.07) is 4.66. The van der Waals surface area contributed by atoms with Gasteiger partial charge in [0.25, 0.3) is 5.91 Å². The van der Waals surface area contributed by atoms with Crippen molar-refractivity contribution in [2.45, 2.75) is 25.9 Å². The maximum absolute atomic E-state index is 13.7. The molecule has 0 aliphatic carbocycles. The fraction of sp³-hybridized carbons (Fsp3) is 0.357. The van der Waals surface area contributed by atoms with Gasteiger partial charge in [-0.1, -0.05) is 6.07 Å². The van der Waals surface area contributed by atoms with Crippen molar-refractivity contribution >= 4 is 33.0 Å². The second kappa shape index (κ2) is 6.19. The summed E-state index contributed by atoms with van der Waals surface area (Å²) in [4.78, 5) is 12.4. The molecular weight excluding hydrogens is 279 g/mol. The number of benzene rings is 1. The van der Waals surface area contributed by atoms with Crippen molar-refractivity contribution < 1.29 is 14.3 Å². The van der Waals surface area contributed by atoms with Crippen molar-refractivity contribution in [1.82, 2.24) is 5.32 Å². The lowest BCUT2D eigenvalue weighted by molar-refractivity contribution is 0.0954. The van der Waals surface area contributed by atoms with Gasteiger partial charge in [0.05, 0.1) is 17.2 Å². The molecule has 1 amide bonds. The van der Waals surface area contributed by atoms with Gasteiger partial charge in [-0.3, -0.25) is 4.79 Å². The number of aliphatic hydroxyl groups is 1. The zero-order valence-corrected chi connectivity index (χ0v) is 12.0. The van der Waals surface area contributed by atoms with E-state index in [1.165, 1.54) is 17.4 Å². The fourth-order valence-corrected chi connectivity index (χ4v) is 3.03. The van der Waals surface area contributed by atoms with E-state index in [0.717, 1.165) is 0 Å². The molecule has 0 radical (unpaired) electrons. The highest BCUT2D eigenvalue weighted by Gasteiger charge is 2.18. The van der Waals surface area contributed by atoms with Crippen LogP contribution in [0.5, 0.6) is 0 Å². The zero-order chi connectivity index (χ0) is 14.7. The molecule has 0 fully saturated rings. The van der Waals surface area contributed by atoms with E-state index in [9.17, 15) is 9.18 Å². The Morgan fingerprint density at radius 2 is 2.30 bits per heavy atom. The molecule has 20 heavy (non-hydrogen) atoms. The summed E-state index contributed by atoms with van der Waals surface area (Å²) < 4.78 is 14.3. The van der Waals surface area contributed by atoms with Gasteiger partial charge in [-0.05, 0) is 31.9 Å². The molecule has 2 aromatic rings. The van der Waals surface area contributed by atoms with Gasteiger partial charge in [-0.2, -0.15) is 0 Å². The number of carbonyl (C=O) groups is 1. The summed E-state index contributed by atoms with van der Waals surface area (Å²) in [6.07, 6.45) is 0.926. The Hall–Kier alpha value is -1.66. The number of nitrogen functional groups attached to an aromatic ring is 1. The third-order valence-corrected chi connectivity index (χ3v) is 4.16. The van der Waals surface area contributed by atoms with Crippen LogP contribution in [0.1, 0.15) is 29.4 Å². The second-order valence-corrected chi connectivity index (χ2v) is 5.76. The maximum atomic E-state index is 13.7. The predicted octanol–water partition coefficient (Wildman–Crippen LogP) is 2.51. The van der Waals surface area contributed by atoms with Crippen molar-refractivity contribution in [2.24, 2.45) is 0 Å². The Morgan fingerprint density at radius 3 is 2.95 bits per heavy atom. The number of anilines is 1. The van der Waals surface area contributed by atoms with Crippen LogP contribution in [0, 0.1) is 5.82 Å². The lowest BCUT2D eigenvalue weighted by Crippen LogP contribution is -2.24. The quantitative estimate of drug-likeness (QED) is 0.742. The average Bonchev–Trinajstić information content (AvgIpc) is 2.73. The molecule has 4 nitrogen and oxygen atoms in total. The van der Waals surface area contributed by atoms with E-state index in [2.05, 4.69) is 5.32 Å². The molecule has 0 bridgehead atoms. The Balaban J connectivity index is 2.11. The highest BCUT2D eigenvalue weighted by atomic mass is 32.1. The Morgan fingerprint density at radius 1 is 1.55 bits per heavy atom. The van der Waals surface area contributed by atoms with Crippen LogP contribution < -0.4 is 11.1 Å². The van der Waals surface area contributed by atoms with Gasteiger partial charge in [-0.15, -0.1) is 11.3 Å². The minimum atomic E-state index is -0.413. The summed E-state index contributed by atoms with van der Waals surface area (Å²) in [5, 5.41) is 12.2. The van der Waals surface area contributed by atoms with E-state index >= 15 is 0 Å². The summed E-state index contributed by atoms with van der Waals surface area (Å²) in [5.41, 5.74) is 6.05. The number of amides is 1. The van der Waals surface area contributed by atoms with Gasteiger partial charge in [-0.25, -0.2) is 4.39 Å². The second-order valence-electron chi connectivity index (χ2n) is 4.70. The largest absolute Gasteiger partial charge is 0.397 e. The lowest BCUT2D eigenvalue weighted by atomic mass is 10.2. The highest BCUT2D eigenvalue weighted by molar-refractivity contribution is 7.21. The molecule has 108 valence electrons. The van der Waals surface area contributed by atoms with Crippen molar-refractivity contribution in [1.29, 1.82) is 0 Å². The molecule has 0 aliphatic heterocycles. The normalized spacial score (nSPS) is 12.6. The molecule has 1 heterocycles. The highest BCUT2D eigenvalue weighted by Crippen LogP contribution is 2.35. The predicted molar refractivity (Wildman–Crippen MR) is 79.4 cm³/mol. The van der Waals surface area contributed by atoms with Gasteiger partial charge < -0.3 is 16.2 Å². The number of rotatable bonds is 5. The number of nitrogens with one attached hydrogen (secondary N) is 1. The number of aliphatic hydroxyl groups excluding tert-OH is 1. The topological polar surface area (TPSA) is 75.3 Å². The van der Waals surface area contributed by atoms with Crippen LogP contribution in [0.25, 0.3) is 10.1 Å². The third kappa shape index (κ3) is 3.08. The average molecular weight is 296 g/mol. The number of hydrogen-bond donors (Lipinski definition) is 3. The maximum Gasteiger partial charge on any atom is 0.263 e. The molecular formula is C14H17FN2O2S. The van der Waals surface area contributed by atoms with Crippen LogP contribution in [0.2, 0.25) is 0 Å². The molecule has 1 unspecified atom stereocenters. The smallest absolute Gasteiger partial charge is 0.263 e. The first-order valence-corrected chi connectivity index (χ1v) is 7.25. The monoisotopic (exact) mass is 296 g/mol. The zero-order valence-electron chi connectivity index (χ0n) is 11.1. The summed E-state index contributed by atoms with van der Waals surface area (Å²) in [7, 11) is 0. The van der Waals surface area contributed by atoms with E-state index in [1.807, 2.05) is 0 Å². The lowest BCUT2D eigenvalue weighted by Gasteiger charge is -2.05. The molecule has 6 heteroatoms. The number of halogens is 1. The fourth-order valence-electron chi connectivity index (χ4n) is 1.98. The molecule has 1 aromatic heterocycles. The van der Waals surface area contributed by atoms with Gasteiger partial charge in [0.2, 0.25) is 0 Å². The van der Waals surface area contributed by atoms with Gasteiger partial charge in [0, 0.05) is 11.2 Å². The van der Waals surface area contributed by atoms with Crippen molar-refractivity contribution in [2.75, 3.05) is 12.3 Å². The van der Waals surface area contributed by atoms with Crippen LogP contribution in [0.15, 0.2) is 18.2 Å². The van der Waals surface area contributed by atoms with E-state index < -0.39 is 5.82 Å². The molecule has 1 atom stereocenters. The van der Waals surface area contributed by atoms with Crippen molar-refractivity contribution in [3.63, 3.8) is 0 Å². The van der Waals surface area contributed by atoms with E-state index in [-0.39, 0.29) is 17.7 Å². The minimum Gasteiger partial charge on any atom is -0.397 e. The SMILES string of the molecule is CC(O)CCCNC(=O)c1sc2cccc(F)c2c1N. The van der Waals surface area contributed by atoms with Crippen LogP contribution in [0.4, 0.5) is 10.1 Å². The number of fused-ring (bicyclic) bond motifs is 1. The number of carbonyl (C=O) groups excluding carboxylic acids is 1. The molecule has 0 spiro atoms. The van der Waals surface area contributed by atoms with Crippen molar-refractivity contribution in [3.05, 3.63) is 28.9 Å². The standard InChI is InChI=1S/C14H17FN2O2S/c1-8(18)4-3-7-17-14(19)13-12(16)11-9(15)5-2-6-10(11)20-13/h2,5-6,8,18H,3-4,7,16H2,1H3,(H,17,19). The number of nitrogens with two attached hydrogens (primary N) is 1. The van der Waals surface area contributed by atoms with E-state index in [1.54, 1.807) is 19.1 Å². The minimum absolute atomic E-state index is 0.191. The van der Waals surface area contributed by atoms with Gasteiger partial charge in [0.1, 0.15) is 10.7 Å². The summed E-state index contributed by atoms with van der Waals surface area (Å²) in [6.45, 7) is 2.16. The first-order chi connectivity index (χ1) is 9.50. The van der Waals surface area contributed by atoms with Crippen LogP contribution in [-0.4, -0.2) is 23.7 Å². The molecule has 0 saturated carbocycles. The molecule has 1 aromatic carbocycles. The van der Waals surface area contributed by atoms with Crippen LogP contribution in [0.3, 0.4) is 0 Å². The van der Waals surface area contributed by atoms with E-state index in [0.29, 0.717) is 34.3 Å². The third-order valence-electron chi connectivity index (χ3n) is 2.99. The number of hydrogen-bond acceptors (Lipinski definition) is 4. The van der Waals surface area contributed by atoms with E-state index in [4.69, 9.17) is 10.8 Å². The van der Waals surface area contributed by atoms with Gasteiger partial charge in [0.15, 0.2) is 0 Å². The summed E-state index contributed by atoms with van der Waals surface area (Å²) in [5.74, 6) is -0.710. The Kier molecular flexibility index (Phi) is 4.57. The van der Waals surface area contributed by atoms with Crippen molar-refractivity contribution in [3.8, 4) is 0 Å². The summed E-state index contributed by atoms with van der Waals surface area (Å²) >= 11 is 1.18. The Bertz CT molecular complexity index is 625. The molecule has 0 saturated heterocycles. The molecule has 0 aliphatic rings. The molecule has 4 N–H and O–H groups in total. The number of thiophene rings is 1. The molecule has 2 rings (SSSR count). The Labute approximate surface area is 120 Å². The first kappa shape index (κ1) is 14.7. The van der Waals surface area contributed by atoms with Crippen LogP contribution >= 0.6 is 11.3 Å². The van der Waals surface area contributed by atoms with Crippen LogP contribution in [-0.2, 0) is 0 Å². The van der Waals surface area contributed by atoms with Gasteiger partial charge >= 0.3 is 0 Å². The first-order valence-electron chi connectivity index (χ1n) is 6.43.